The Morgan fingerprint density at radius 2 is 1.93 bits per heavy atom. The van der Waals surface area contributed by atoms with Gasteiger partial charge in [0.05, 0.1) is 0 Å². The summed E-state index contributed by atoms with van der Waals surface area (Å²) >= 11 is 8.43. The lowest BCUT2D eigenvalue weighted by molar-refractivity contribution is -0.124. The summed E-state index contributed by atoms with van der Waals surface area (Å²) in [6.45, 7) is 1.78. The van der Waals surface area contributed by atoms with Crippen molar-refractivity contribution in [3.05, 3.63) is 28.2 Å². The van der Waals surface area contributed by atoms with Crippen LogP contribution in [0.3, 0.4) is 0 Å². The smallest absolute Gasteiger partial charge is 0.276 e. The van der Waals surface area contributed by atoms with Gasteiger partial charge in [-0.25, -0.2) is 0 Å². The molecule has 1 aliphatic carbocycles. The first-order valence-electron chi connectivity index (χ1n) is 9.21. The largest absolute Gasteiger partial charge is 0.484 e. The summed E-state index contributed by atoms with van der Waals surface area (Å²) in [6.07, 6.45) is 7.60. The fraction of sp³-hybridized carbons (Fsp3) is 0.526. The first kappa shape index (κ1) is 21.6. The van der Waals surface area contributed by atoms with Crippen LogP contribution in [0.5, 0.6) is 5.75 Å². The van der Waals surface area contributed by atoms with E-state index >= 15 is 0 Å². The molecule has 1 aliphatic rings. The highest BCUT2D eigenvalue weighted by Gasteiger charge is 2.15. The van der Waals surface area contributed by atoms with Gasteiger partial charge in [0.2, 0.25) is 5.91 Å². The average Bonchev–Trinajstić information content (AvgIpc) is 2.66. The summed E-state index contributed by atoms with van der Waals surface area (Å²) in [5.74, 6) is 0.720. The molecule has 1 aromatic rings. The Labute approximate surface area is 173 Å². The van der Waals surface area contributed by atoms with Crippen molar-refractivity contribution in [1.29, 1.82) is 0 Å². The lowest BCUT2D eigenvalue weighted by Gasteiger charge is -2.21. The van der Waals surface area contributed by atoms with E-state index in [0.717, 1.165) is 16.5 Å². The van der Waals surface area contributed by atoms with Gasteiger partial charge in [-0.15, -0.1) is 0 Å². The van der Waals surface area contributed by atoms with Gasteiger partial charge in [0.15, 0.2) is 11.7 Å². The van der Waals surface area contributed by atoms with Gasteiger partial charge in [-0.1, -0.05) is 48.0 Å². The Kier molecular flexibility index (Phi) is 9.00. The molecule has 0 bridgehead atoms. The van der Waals surface area contributed by atoms with Crippen LogP contribution in [0.4, 0.5) is 0 Å². The highest BCUT2D eigenvalue weighted by molar-refractivity contribution is 9.10. The van der Waals surface area contributed by atoms with Gasteiger partial charge in [0.1, 0.15) is 5.75 Å². The molecular weight excluding hydrogens is 430 g/mol. The van der Waals surface area contributed by atoms with Crippen LogP contribution in [-0.4, -0.2) is 23.5 Å². The highest BCUT2D eigenvalue weighted by atomic mass is 79.9. The number of benzene rings is 1. The van der Waals surface area contributed by atoms with Crippen LogP contribution >= 0.6 is 28.1 Å². The van der Waals surface area contributed by atoms with E-state index in [1.807, 2.05) is 19.1 Å². The van der Waals surface area contributed by atoms with Crippen molar-refractivity contribution in [3.8, 4) is 5.75 Å². The number of hydrogen-bond donors (Lipinski definition) is 3. The van der Waals surface area contributed by atoms with Crippen molar-refractivity contribution >= 4 is 45.1 Å². The molecule has 0 unspecified atom stereocenters. The molecule has 1 fully saturated rings. The van der Waals surface area contributed by atoms with Crippen LogP contribution in [-0.2, 0) is 9.59 Å². The third kappa shape index (κ3) is 8.26. The molecule has 8 heteroatoms. The van der Waals surface area contributed by atoms with E-state index in [1.165, 1.54) is 32.1 Å². The number of hydrazine groups is 1. The molecule has 0 spiro atoms. The first-order chi connectivity index (χ1) is 12.9. The lowest BCUT2D eigenvalue weighted by Crippen LogP contribution is -2.49. The molecular formula is C19H26BrN3O3S. The van der Waals surface area contributed by atoms with E-state index in [4.69, 9.17) is 17.0 Å². The van der Waals surface area contributed by atoms with Crippen molar-refractivity contribution in [1.82, 2.24) is 16.2 Å². The van der Waals surface area contributed by atoms with Crippen LogP contribution < -0.4 is 20.9 Å². The summed E-state index contributed by atoms with van der Waals surface area (Å²) < 4.78 is 6.40. The van der Waals surface area contributed by atoms with Crippen LogP contribution in [0.25, 0.3) is 0 Å². The highest BCUT2D eigenvalue weighted by Crippen LogP contribution is 2.27. The molecule has 0 saturated heterocycles. The number of nitrogens with one attached hydrogen (secondary N) is 3. The first-order valence-corrected chi connectivity index (χ1v) is 10.4. The number of aryl methyl sites for hydroxylation is 1. The zero-order chi connectivity index (χ0) is 19.6. The maximum absolute atomic E-state index is 11.9. The molecule has 0 aromatic heterocycles. The predicted molar refractivity (Wildman–Crippen MR) is 112 cm³/mol. The lowest BCUT2D eigenvalue weighted by atomic mass is 9.86. The number of hydrogen-bond acceptors (Lipinski definition) is 4. The van der Waals surface area contributed by atoms with Crippen molar-refractivity contribution in [2.45, 2.75) is 51.9 Å². The van der Waals surface area contributed by atoms with E-state index in [0.29, 0.717) is 18.1 Å². The minimum atomic E-state index is -0.394. The number of rotatable bonds is 6. The molecule has 0 aliphatic heterocycles. The zero-order valence-corrected chi connectivity index (χ0v) is 17.9. The number of carbonyl (C=O) groups is 2. The molecule has 0 heterocycles. The van der Waals surface area contributed by atoms with Crippen molar-refractivity contribution in [2.24, 2.45) is 5.92 Å². The van der Waals surface area contributed by atoms with Gasteiger partial charge in [-0.3, -0.25) is 20.4 Å². The fourth-order valence-corrected chi connectivity index (χ4v) is 3.46. The van der Waals surface area contributed by atoms with Crippen LogP contribution in [0, 0.1) is 12.8 Å². The van der Waals surface area contributed by atoms with Gasteiger partial charge < -0.3 is 10.1 Å². The quantitative estimate of drug-likeness (QED) is 0.451. The SMILES string of the molecule is Cc1cc(OCC(=O)NNC(=S)NC(=O)CCC2CCCCC2)ccc1Br. The average molecular weight is 456 g/mol. The Bertz CT molecular complexity index is 678. The van der Waals surface area contributed by atoms with Crippen LogP contribution in [0.1, 0.15) is 50.5 Å². The van der Waals surface area contributed by atoms with E-state index in [9.17, 15) is 9.59 Å². The Balaban J connectivity index is 1.60. The molecule has 3 N–H and O–H groups in total. The van der Waals surface area contributed by atoms with Gasteiger partial charge in [0, 0.05) is 10.9 Å². The second-order valence-corrected chi connectivity index (χ2v) is 8.06. The topological polar surface area (TPSA) is 79.5 Å². The maximum atomic E-state index is 11.9. The minimum Gasteiger partial charge on any atom is -0.484 e. The van der Waals surface area contributed by atoms with E-state index < -0.39 is 5.91 Å². The summed E-state index contributed by atoms with van der Waals surface area (Å²) in [5.41, 5.74) is 5.95. The molecule has 2 rings (SSSR count). The molecule has 148 valence electrons. The van der Waals surface area contributed by atoms with Gasteiger partial charge in [0.25, 0.3) is 5.91 Å². The Morgan fingerprint density at radius 3 is 2.63 bits per heavy atom. The molecule has 27 heavy (non-hydrogen) atoms. The van der Waals surface area contributed by atoms with Crippen molar-refractivity contribution in [2.75, 3.05) is 6.61 Å². The van der Waals surface area contributed by atoms with Gasteiger partial charge in [-0.05, 0) is 55.2 Å². The number of carbonyl (C=O) groups excluding carboxylic acids is 2. The number of thiocarbonyl (C=S) groups is 1. The Morgan fingerprint density at radius 1 is 1.19 bits per heavy atom. The molecule has 1 saturated carbocycles. The van der Waals surface area contributed by atoms with E-state index in [2.05, 4.69) is 32.1 Å². The Hall–Kier alpha value is -1.67. The number of halogens is 1. The van der Waals surface area contributed by atoms with Gasteiger partial charge >= 0.3 is 0 Å². The van der Waals surface area contributed by atoms with Crippen molar-refractivity contribution in [3.63, 3.8) is 0 Å². The standard InChI is InChI=1S/C19H26BrN3O3S/c1-13-11-15(8-9-16(13)20)26-12-18(25)22-23-19(27)21-17(24)10-7-14-5-3-2-4-6-14/h8-9,11,14H,2-7,10,12H2,1H3,(H,22,25)(H2,21,23,24,27). The second kappa shape index (κ2) is 11.2. The summed E-state index contributed by atoms with van der Waals surface area (Å²) in [4.78, 5) is 23.7. The summed E-state index contributed by atoms with van der Waals surface area (Å²) in [7, 11) is 0. The van der Waals surface area contributed by atoms with Crippen LogP contribution in [0.2, 0.25) is 0 Å². The number of amides is 2. The third-order valence-corrected chi connectivity index (χ3v) is 5.67. The third-order valence-electron chi connectivity index (χ3n) is 4.57. The molecule has 0 radical (unpaired) electrons. The minimum absolute atomic E-state index is 0.0801. The molecule has 0 atom stereocenters. The normalized spacial score (nSPS) is 14.3. The molecule has 2 amide bonds. The summed E-state index contributed by atoms with van der Waals surface area (Å²) in [5, 5.41) is 2.66. The second-order valence-electron chi connectivity index (χ2n) is 6.79. The maximum Gasteiger partial charge on any atom is 0.276 e. The van der Waals surface area contributed by atoms with E-state index in [1.54, 1.807) is 6.07 Å². The van der Waals surface area contributed by atoms with E-state index in [-0.39, 0.29) is 17.6 Å². The fourth-order valence-electron chi connectivity index (χ4n) is 3.05. The van der Waals surface area contributed by atoms with Gasteiger partial charge in [-0.2, -0.15) is 0 Å². The number of ether oxygens (including phenoxy) is 1. The van der Waals surface area contributed by atoms with Crippen LogP contribution in [0.15, 0.2) is 22.7 Å². The van der Waals surface area contributed by atoms with Crippen molar-refractivity contribution < 1.29 is 14.3 Å². The monoisotopic (exact) mass is 455 g/mol. The molecule has 6 nitrogen and oxygen atoms in total. The molecule has 1 aromatic carbocycles. The summed E-state index contributed by atoms with van der Waals surface area (Å²) in [6, 6.07) is 5.47. The zero-order valence-electron chi connectivity index (χ0n) is 15.5. The predicted octanol–water partition coefficient (Wildman–Crippen LogP) is 3.52.